The summed E-state index contributed by atoms with van der Waals surface area (Å²) in [6.07, 6.45) is 7.98. The number of carbonyl (C=O) groups excluding carboxylic acids is 2. The molecule has 1 aromatic heterocycles. The first-order chi connectivity index (χ1) is 18.9. The minimum Gasteiger partial charge on any atom is -0.347 e. The van der Waals surface area contributed by atoms with Crippen LogP contribution in [0.1, 0.15) is 85.8 Å². The second kappa shape index (κ2) is 10.7. The summed E-state index contributed by atoms with van der Waals surface area (Å²) in [5, 5.41) is 7.24. The SMILES string of the molecule is CCCn1cc(C(=O)N[C@@H](C)c2cccc(F)c2)c2cc(C3CCC4C(C3)NNC4NC(=O)C3CC3)ccc21. The molecule has 3 aromatic rings. The zero-order chi connectivity index (χ0) is 27.1. The minimum absolute atomic E-state index is 0.00927. The topological polar surface area (TPSA) is 87.2 Å². The molecule has 6 rings (SSSR count). The van der Waals surface area contributed by atoms with Crippen LogP contribution in [0.5, 0.6) is 0 Å². The van der Waals surface area contributed by atoms with Crippen molar-refractivity contribution in [3.05, 3.63) is 71.2 Å². The Balaban J connectivity index is 1.21. The van der Waals surface area contributed by atoms with Crippen molar-refractivity contribution < 1.29 is 14.0 Å². The maximum atomic E-state index is 13.8. The van der Waals surface area contributed by atoms with Gasteiger partial charge >= 0.3 is 0 Å². The Morgan fingerprint density at radius 2 is 1.95 bits per heavy atom. The van der Waals surface area contributed by atoms with Crippen LogP contribution in [-0.4, -0.2) is 28.6 Å². The molecule has 2 heterocycles. The number of amides is 2. The highest BCUT2D eigenvalue weighted by molar-refractivity contribution is 6.07. The largest absolute Gasteiger partial charge is 0.347 e. The Morgan fingerprint density at radius 1 is 1.10 bits per heavy atom. The fourth-order valence-electron chi connectivity index (χ4n) is 6.43. The molecule has 4 N–H and O–H groups in total. The molecule has 2 amide bonds. The molecule has 1 aliphatic heterocycles. The lowest BCUT2D eigenvalue weighted by atomic mass is 9.75. The fourth-order valence-corrected chi connectivity index (χ4v) is 6.43. The number of carbonyl (C=O) groups is 2. The van der Waals surface area contributed by atoms with E-state index >= 15 is 0 Å². The summed E-state index contributed by atoms with van der Waals surface area (Å²) in [5.74, 6) is 0.678. The molecule has 5 atom stereocenters. The number of halogens is 1. The summed E-state index contributed by atoms with van der Waals surface area (Å²) in [6, 6.07) is 12.9. The first-order valence-corrected chi connectivity index (χ1v) is 14.4. The number of benzene rings is 2. The predicted molar refractivity (Wildman–Crippen MR) is 149 cm³/mol. The average molecular weight is 532 g/mol. The summed E-state index contributed by atoms with van der Waals surface area (Å²) in [7, 11) is 0. The van der Waals surface area contributed by atoms with Gasteiger partial charge in [-0.1, -0.05) is 25.1 Å². The Labute approximate surface area is 228 Å². The third-order valence-electron chi connectivity index (χ3n) is 8.78. The molecule has 1 saturated heterocycles. The van der Waals surface area contributed by atoms with Gasteiger partial charge in [0.15, 0.2) is 0 Å². The van der Waals surface area contributed by atoms with Crippen LogP contribution >= 0.6 is 0 Å². The third kappa shape index (κ3) is 5.32. The molecule has 206 valence electrons. The molecule has 4 unspecified atom stereocenters. The fraction of sp³-hybridized carbons (Fsp3) is 0.484. The van der Waals surface area contributed by atoms with Crippen molar-refractivity contribution in [2.24, 2.45) is 11.8 Å². The molecule has 0 spiro atoms. The van der Waals surface area contributed by atoms with Crippen LogP contribution in [0.3, 0.4) is 0 Å². The lowest BCUT2D eigenvalue weighted by molar-refractivity contribution is -0.123. The van der Waals surface area contributed by atoms with Crippen molar-refractivity contribution in [1.82, 2.24) is 26.1 Å². The maximum absolute atomic E-state index is 13.8. The molecule has 2 saturated carbocycles. The highest BCUT2D eigenvalue weighted by Crippen LogP contribution is 2.40. The summed E-state index contributed by atoms with van der Waals surface area (Å²) < 4.78 is 15.9. The standard InChI is InChI=1S/C31H38FN5O2/c1-3-13-37-17-26(31(39)33-18(2)20-5-4-6-23(32)14-20)25-15-21(10-12-28(25)37)22-9-11-24-27(16-22)35-36-29(24)34-30(38)19-7-8-19/h4-6,10,12,14-15,17-19,22,24,27,29,35-36H,3,7-9,11,13,16H2,1-2H3,(H,33,39)(H,34,38)/t18-,22?,24?,27?,29?/m0/s1. The normalized spacial score (nSPS) is 25.3. The highest BCUT2D eigenvalue weighted by atomic mass is 19.1. The van der Waals surface area contributed by atoms with Crippen LogP contribution in [-0.2, 0) is 11.3 Å². The van der Waals surface area contributed by atoms with Gasteiger partial charge in [-0.2, -0.15) is 0 Å². The van der Waals surface area contributed by atoms with Gasteiger partial charge in [-0.25, -0.2) is 9.82 Å². The minimum atomic E-state index is -0.314. The number of nitrogens with one attached hydrogen (secondary N) is 4. The Hall–Kier alpha value is -3.23. The van der Waals surface area contributed by atoms with Crippen molar-refractivity contribution in [3.63, 3.8) is 0 Å². The number of hydrogen-bond acceptors (Lipinski definition) is 4. The van der Waals surface area contributed by atoms with E-state index in [0.717, 1.165) is 61.5 Å². The van der Waals surface area contributed by atoms with Crippen molar-refractivity contribution in [1.29, 1.82) is 0 Å². The van der Waals surface area contributed by atoms with Gasteiger partial charge in [0.2, 0.25) is 5.91 Å². The first-order valence-electron chi connectivity index (χ1n) is 14.4. The molecule has 0 radical (unpaired) electrons. The lowest BCUT2D eigenvalue weighted by Gasteiger charge is -2.33. The monoisotopic (exact) mass is 531 g/mol. The van der Waals surface area contributed by atoms with E-state index < -0.39 is 0 Å². The number of hydrogen-bond donors (Lipinski definition) is 4. The van der Waals surface area contributed by atoms with E-state index in [4.69, 9.17) is 0 Å². The molecule has 2 aliphatic carbocycles. The molecule has 3 fully saturated rings. The van der Waals surface area contributed by atoms with Crippen LogP contribution in [0.25, 0.3) is 10.9 Å². The van der Waals surface area contributed by atoms with Gasteiger partial charge in [0, 0.05) is 41.5 Å². The van der Waals surface area contributed by atoms with E-state index in [-0.39, 0.29) is 35.8 Å². The summed E-state index contributed by atoms with van der Waals surface area (Å²) >= 11 is 0. The van der Waals surface area contributed by atoms with E-state index in [1.807, 2.05) is 19.2 Å². The number of aromatic nitrogens is 1. The van der Waals surface area contributed by atoms with E-state index in [9.17, 15) is 14.0 Å². The van der Waals surface area contributed by atoms with Gasteiger partial charge in [-0.15, -0.1) is 0 Å². The maximum Gasteiger partial charge on any atom is 0.253 e. The zero-order valence-electron chi connectivity index (χ0n) is 22.7. The van der Waals surface area contributed by atoms with Crippen LogP contribution in [0.15, 0.2) is 48.7 Å². The predicted octanol–water partition coefficient (Wildman–Crippen LogP) is 4.89. The number of rotatable bonds is 8. The van der Waals surface area contributed by atoms with Crippen molar-refractivity contribution in [2.75, 3.05) is 0 Å². The van der Waals surface area contributed by atoms with E-state index in [1.54, 1.807) is 6.07 Å². The summed E-state index contributed by atoms with van der Waals surface area (Å²) in [4.78, 5) is 25.8. The molecular weight excluding hydrogens is 493 g/mol. The van der Waals surface area contributed by atoms with Crippen LogP contribution < -0.4 is 21.5 Å². The quantitative estimate of drug-likeness (QED) is 0.333. The molecule has 0 bridgehead atoms. The number of nitrogens with zero attached hydrogens (tertiary/aromatic N) is 1. The van der Waals surface area contributed by atoms with Gasteiger partial charge in [-0.05, 0) is 86.8 Å². The molecular formula is C31H38FN5O2. The third-order valence-corrected chi connectivity index (χ3v) is 8.78. The van der Waals surface area contributed by atoms with Crippen LogP contribution in [0.2, 0.25) is 0 Å². The zero-order valence-corrected chi connectivity index (χ0v) is 22.7. The number of aryl methyl sites for hydroxylation is 1. The van der Waals surface area contributed by atoms with E-state index in [1.165, 1.54) is 17.7 Å². The average Bonchev–Trinajstić information content (AvgIpc) is 3.63. The summed E-state index contributed by atoms with van der Waals surface area (Å²) in [5.41, 5.74) is 10.5. The molecule has 39 heavy (non-hydrogen) atoms. The second-order valence-corrected chi connectivity index (χ2v) is 11.6. The molecule has 8 heteroatoms. The van der Waals surface area contributed by atoms with Crippen molar-refractivity contribution >= 4 is 22.7 Å². The van der Waals surface area contributed by atoms with E-state index in [0.29, 0.717) is 23.4 Å². The first kappa shape index (κ1) is 26.0. The van der Waals surface area contributed by atoms with Gasteiger partial charge in [0.1, 0.15) is 5.82 Å². The molecule has 7 nitrogen and oxygen atoms in total. The Kier molecular flexibility index (Phi) is 7.16. The lowest BCUT2D eigenvalue weighted by Crippen LogP contribution is -2.47. The second-order valence-electron chi connectivity index (χ2n) is 11.6. The van der Waals surface area contributed by atoms with E-state index in [2.05, 4.69) is 51.2 Å². The van der Waals surface area contributed by atoms with Crippen LogP contribution in [0.4, 0.5) is 4.39 Å². The van der Waals surface area contributed by atoms with Crippen molar-refractivity contribution in [3.8, 4) is 0 Å². The van der Waals surface area contributed by atoms with Gasteiger partial charge in [0.25, 0.3) is 5.91 Å². The van der Waals surface area contributed by atoms with Gasteiger partial charge in [0.05, 0.1) is 17.8 Å². The number of hydrazine groups is 1. The van der Waals surface area contributed by atoms with Gasteiger partial charge < -0.3 is 15.2 Å². The van der Waals surface area contributed by atoms with Gasteiger partial charge in [-0.3, -0.25) is 15.0 Å². The Bertz CT molecular complexity index is 1380. The molecule has 2 aromatic carbocycles. The molecule has 3 aliphatic rings. The smallest absolute Gasteiger partial charge is 0.253 e. The summed E-state index contributed by atoms with van der Waals surface area (Å²) in [6.45, 7) is 4.84. The number of fused-ring (bicyclic) bond motifs is 2. The Morgan fingerprint density at radius 3 is 2.72 bits per heavy atom. The van der Waals surface area contributed by atoms with Crippen molar-refractivity contribution in [2.45, 2.75) is 83.1 Å². The van der Waals surface area contributed by atoms with Crippen LogP contribution in [0, 0.1) is 17.7 Å². The highest BCUT2D eigenvalue weighted by Gasteiger charge is 2.42.